The fourth-order valence-corrected chi connectivity index (χ4v) is 2.71. The second-order valence-corrected chi connectivity index (χ2v) is 5.64. The zero-order chi connectivity index (χ0) is 14.4. The highest BCUT2D eigenvalue weighted by molar-refractivity contribution is 6.30. The number of benzene rings is 1. The van der Waals surface area contributed by atoms with Crippen LogP contribution in [0.5, 0.6) is 0 Å². The first-order chi connectivity index (χ1) is 8.99. The molecule has 1 atom stereocenters. The van der Waals surface area contributed by atoms with Gasteiger partial charge in [-0.2, -0.15) is 0 Å². The number of hydrogen-bond donors (Lipinski definition) is 1. The molecule has 19 heavy (non-hydrogen) atoms. The van der Waals surface area contributed by atoms with Gasteiger partial charge in [-0.15, -0.1) is 0 Å². The van der Waals surface area contributed by atoms with Gasteiger partial charge in [0, 0.05) is 36.4 Å². The Morgan fingerprint density at radius 2 is 2.00 bits per heavy atom. The summed E-state index contributed by atoms with van der Waals surface area (Å²) in [7, 11) is 6.19. The van der Waals surface area contributed by atoms with Gasteiger partial charge < -0.3 is 15.1 Å². The molecule has 1 aromatic rings. The van der Waals surface area contributed by atoms with Gasteiger partial charge in [-0.25, -0.2) is 0 Å². The minimum atomic E-state index is 0.469. The van der Waals surface area contributed by atoms with Gasteiger partial charge in [0.25, 0.3) is 0 Å². The molecule has 0 aliphatic rings. The number of likely N-dealkylation sites (N-methyl/N-ethyl adjacent to an activating group) is 2. The molecule has 0 aromatic heterocycles. The summed E-state index contributed by atoms with van der Waals surface area (Å²) >= 11 is 6.11. The van der Waals surface area contributed by atoms with Gasteiger partial charge in [0.05, 0.1) is 0 Å². The van der Waals surface area contributed by atoms with Crippen LogP contribution in [0.1, 0.15) is 19.4 Å². The number of rotatable bonds is 7. The Balaban J connectivity index is 3.02. The lowest BCUT2D eigenvalue weighted by molar-refractivity contribution is 0.372. The predicted molar refractivity (Wildman–Crippen MR) is 85.3 cm³/mol. The molecule has 0 saturated carbocycles. The quantitative estimate of drug-likeness (QED) is 0.830. The van der Waals surface area contributed by atoms with E-state index in [2.05, 4.69) is 55.2 Å². The van der Waals surface area contributed by atoms with Crippen molar-refractivity contribution < 1.29 is 0 Å². The lowest BCUT2D eigenvalue weighted by Crippen LogP contribution is -2.40. The van der Waals surface area contributed by atoms with Crippen LogP contribution >= 0.6 is 11.6 Å². The molecule has 1 rings (SSSR count). The van der Waals surface area contributed by atoms with Gasteiger partial charge in [-0.05, 0) is 58.8 Å². The molecule has 0 saturated heterocycles. The summed E-state index contributed by atoms with van der Waals surface area (Å²) < 4.78 is 0. The maximum Gasteiger partial charge on any atom is 0.0415 e. The van der Waals surface area contributed by atoms with E-state index in [0.717, 1.165) is 24.7 Å². The van der Waals surface area contributed by atoms with Gasteiger partial charge in [-0.3, -0.25) is 0 Å². The highest BCUT2D eigenvalue weighted by Gasteiger charge is 2.16. The van der Waals surface area contributed by atoms with E-state index >= 15 is 0 Å². The number of anilines is 1. The van der Waals surface area contributed by atoms with Crippen LogP contribution < -0.4 is 10.2 Å². The topological polar surface area (TPSA) is 18.5 Å². The van der Waals surface area contributed by atoms with E-state index in [9.17, 15) is 0 Å². The summed E-state index contributed by atoms with van der Waals surface area (Å²) in [6.45, 7) is 7.33. The summed E-state index contributed by atoms with van der Waals surface area (Å²) in [4.78, 5) is 4.66. The minimum absolute atomic E-state index is 0.469. The summed E-state index contributed by atoms with van der Waals surface area (Å²) in [5.41, 5.74) is 2.53. The first-order valence-electron chi connectivity index (χ1n) is 6.84. The predicted octanol–water partition coefficient (Wildman–Crippen LogP) is 2.84. The highest BCUT2D eigenvalue weighted by atomic mass is 35.5. The average Bonchev–Trinajstić information content (AvgIpc) is 2.32. The van der Waals surface area contributed by atoms with Gasteiger partial charge >= 0.3 is 0 Å². The molecule has 0 fully saturated rings. The Kier molecular flexibility index (Phi) is 6.63. The van der Waals surface area contributed by atoms with Crippen LogP contribution in [0.25, 0.3) is 0 Å². The molecule has 3 nitrogen and oxygen atoms in total. The molecule has 0 radical (unpaired) electrons. The van der Waals surface area contributed by atoms with Crippen molar-refractivity contribution in [1.29, 1.82) is 0 Å². The molecule has 0 amide bonds. The van der Waals surface area contributed by atoms with Crippen LogP contribution in [0.3, 0.4) is 0 Å². The molecule has 0 aliphatic heterocycles. The highest BCUT2D eigenvalue weighted by Crippen LogP contribution is 2.26. The number of nitrogens with one attached hydrogen (secondary N) is 1. The molecule has 1 N–H and O–H groups in total. The zero-order valence-corrected chi connectivity index (χ0v) is 13.5. The van der Waals surface area contributed by atoms with Crippen LogP contribution in [0.2, 0.25) is 5.02 Å². The summed E-state index contributed by atoms with van der Waals surface area (Å²) in [6, 6.07) is 6.63. The maximum absolute atomic E-state index is 6.11. The van der Waals surface area contributed by atoms with Crippen LogP contribution in [-0.2, 0) is 6.54 Å². The smallest absolute Gasteiger partial charge is 0.0415 e. The third-order valence-electron chi connectivity index (χ3n) is 3.22. The van der Waals surface area contributed by atoms with Gasteiger partial charge in [0.1, 0.15) is 0 Å². The second kappa shape index (κ2) is 7.73. The monoisotopic (exact) mass is 283 g/mol. The van der Waals surface area contributed by atoms with Crippen molar-refractivity contribution in [3.63, 3.8) is 0 Å². The normalized spacial score (nSPS) is 12.8. The third-order valence-corrected chi connectivity index (χ3v) is 3.46. The molecule has 0 bridgehead atoms. The van der Waals surface area contributed by atoms with Crippen LogP contribution in [0, 0.1) is 0 Å². The van der Waals surface area contributed by atoms with Crippen molar-refractivity contribution in [2.45, 2.75) is 26.4 Å². The first-order valence-corrected chi connectivity index (χ1v) is 7.21. The standard InChI is InChI=1S/C15H26ClN3/c1-6-19(12(2)11-18(4)5)15-8-7-14(16)9-13(15)10-17-3/h7-9,12,17H,6,10-11H2,1-5H3. The lowest BCUT2D eigenvalue weighted by Gasteiger charge is -2.33. The number of nitrogens with zero attached hydrogens (tertiary/aromatic N) is 2. The first kappa shape index (κ1) is 16.3. The van der Waals surface area contributed by atoms with E-state index in [4.69, 9.17) is 11.6 Å². The minimum Gasteiger partial charge on any atom is -0.368 e. The van der Waals surface area contributed by atoms with E-state index in [-0.39, 0.29) is 0 Å². The average molecular weight is 284 g/mol. The molecular formula is C15H26ClN3. The Morgan fingerprint density at radius 1 is 1.32 bits per heavy atom. The van der Waals surface area contributed by atoms with Crippen LogP contribution in [0.4, 0.5) is 5.69 Å². The maximum atomic E-state index is 6.11. The summed E-state index contributed by atoms with van der Waals surface area (Å²) in [5, 5.41) is 4.01. The second-order valence-electron chi connectivity index (χ2n) is 5.20. The fraction of sp³-hybridized carbons (Fsp3) is 0.600. The molecule has 0 heterocycles. The molecule has 4 heteroatoms. The molecule has 0 spiro atoms. The van der Waals surface area contributed by atoms with Crippen LogP contribution in [0.15, 0.2) is 18.2 Å². The van der Waals surface area contributed by atoms with Crippen molar-refractivity contribution in [3.05, 3.63) is 28.8 Å². The van der Waals surface area contributed by atoms with E-state index < -0.39 is 0 Å². The molecule has 108 valence electrons. The van der Waals surface area contributed by atoms with Crippen molar-refractivity contribution in [2.75, 3.05) is 39.1 Å². The summed E-state index contributed by atoms with van der Waals surface area (Å²) in [5.74, 6) is 0. The molecule has 0 aliphatic carbocycles. The van der Waals surface area contributed by atoms with Gasteiger partial charge in [0.2, 0.25) is 0 Å². The largest absolute Gasteiger partial charge is 0.368 e. The number of halogens is 1. The SMILES string of the molecule is CCN(c1ccc(Cl)cc1CNC)C(C)CN(C)C. The van der Waals surface area contributed by atoms with E-state index in [0.29, 0.717) is 6.04 Å². The van der Waals surface area contributed by atoms with E-state index in [1.165, 1.54) is 11.3 Å². The molecular weight excluding hydrogens is 258 g/mol. The Morgan fingerprint density at radius 3 is 2.53 bits per heavy atom. The Hall–Kier alpha value is -0.770. The van der Waals surface area contributed by atoms with E-state index in [1.54, 1.807) is 0 Å². The fourth-order valence-electron chi connectivity index (χ4n) is 2.51. The zero-order valence-electron chi connectivity index (χ0n) is 12.7. The van der Waals surface area contributed by atoms with Crippen molar-refractivity contribution in [3.8, 4) is 0 Å². The summed E-state index contributed by atoms with van der Waals surface area (Å²) in [6.07, 6.45) is 0. The van der Waals surface area contributed by atoms with E-state index in [1.807, 2.05) is 13.1 Å². The molecule has 1 aromatic carbocycles. The van der Waals surface area contributed by atoms with Crippen LogP contribution in [-0.4, -0.2) is 45.2 Å². The van der Waals surface area contributed by atoms with Crippen molar-refractivity contribution in [2.24, 2.45) is 0 Å². The Labute approximate surface area is 122 Å². The Bertz CT molecular complexity index is 393. The molecule has 1 unspecified atom stereocenters. The van der Waals surface area contributed by atoms with Crippen molar-refractivity contribution in [1.82, 2.24) is 10.2 Å². The number of hydrogen-bond acceptors (Lipinski definition) is 3. The van der Waals surface area contributed by atoms with Gasteiger partial charge in [-0.1, -0.05) is 11.6 Å². The lowest BCUT2D eigenvalue weighted by atomic mass is 10.1. The third kappa shape index (κ3) is 4.68. The van der Waals surface area contributed by atoms with Crippen molar-refractivity contribution >= 4 is 17.3 Å². The van der Waals surface area contributed by atoms with Gasteiger partial charge in [0.15, 0.2) is 0 Å².